The third kappa shape index (κ3) is 2.85. The van der Waals surface area contributed by atoms with Crippen molar-refractivity contribution in [2.75, 3.05) is 19.7 Å². The van der Waals surface area contributed by atoms with Crippen LogP contribution in [0.3, 0.4) is 0 Å². The fraction of sp³-hybridized carbons (Fsp3) is 0.941. The summed E-state index contributed by atoms with van der Waals surface area (Å²) in [5.41, 5.74) is -0.227. The van der Waals surface area contributed by atoms with Gasteiger partial charge >= 0.3 is 6.09 Å². The molecule has 0 aromatic heterocycles. The number of nitrogens with one attached hydrogen (secondary N) is 1. The average molecular weight is 310 g/mol. The Morgan fingerprint density at radius 1 is 1.32 bits per heavy atom. The summed E-state index contributed by atoms with van der Waals surface area (Å²) in [5, 5.41) is 3.76. The minimum Gasteiger partial charge on any atom is -0.444 e. The molecule has 3 aliphatic rings. The van der Waals surface area contributed by atoms with Crippen LogP contribution in [-0.4, -0.2) is 54.5 Å². The second kappa shape index (κ2) is 5.38. The summed E-state index contributed by atoms with van der Waals surface area (Å²) in [4.78, 5) is 13.7. The first-order valence-corrected chi connectivity index (χ1v) is 8.54. The molecule has 5 nitrogen and oxygen atoms in total. The third-order valence-electron chi connectivity index (χ3n) is 5.28. The second-order valence-electron chi connectivity index (χ2n) is 8.65. The van der Waals surface area contributed by atoms with E-state index in [4.69, 9.17) is 9.47 Å². The van der Waals surface area contributed by atoms with Crippen molar-refractivity contribution in [3.05, 3.63) is 0 Å². The Kier molecular flexibility index (Phi) is 3.92. The van der Waals surface area contributed by atoms with Gasteiger partial charge in [-0.25, -0.2) is 4.79 Å². The molecule has 2 aliphatic heterocycles. The summed E-state index contributed by atoms with van der Waals surface area (Å²) < 4.78 is 11.3. The Morgan fingerprint density at radius 3 is 2.64 bits per heavy atom. The van der Waals surface area contributed by atoms with Crippen molar-refractivity contribution < 1.29 is 14.3 Å². The zero-order chi connectivity index (χ0) is 16.1. The number of hydrogen-bond acceptors (Lipinski definition) is 4. The summed E-state index contributed by atoms with van der Waals surface area (Å²) in [7, 11) is 0. The van der Waals surface area contributed by atoms with Gasteiger partial charge in [-0.2, -0.15) is 0 Å². The molecule has 0 radical (unpaired) electrons. The summed E-state index contributed by atoms with van der Waals surface area (Å²) in [6, 6.07) is 0.892. The molecule has 1 N–H and O–H groups in total. The second-order valence-corrected chi connectivity index (χ2v) is 8.65. The van der Waals surface area contributed by atoms with E-state index in [2.05, 4.69) is 19.2 Å². The van der Waals surface area contributed by atoms with Crippen molar-refractivity contribution in [3.63, 3.8) is 0 Å². The lowest BCUT2D eigenvalue weighted by atomic mass is 9.55. The zero-order valence-corrected chi connectivity index (χ0v) is 14.5. The molecule has 126 valence electrons. The van der Waals surface area contributed by atoms with E-state index >= 15 is 0 Å². The van der Waals surface area contributed by atoms with Crippen molar-refractivity contribution in [1.82, 2.24) is 10.2 Å². The minimum atomic E-state index is -0.418. The van der Waals surface area contributed by atoms with Crippen LogP contribution in [0.4, 0.5) is 4.79 Å². The van der Waals surface area contributed by atoms with Gasteiger partial charge < -0.3 is 19.7 Å². The van der Waals surface area contributed by atoms with Crippen LogP contribution in [0.5, 0.6) is 0 Å². The van der Waals surface area contributed by atoms with Crippen LogP contribution in [0.1, 0.15) is 47.5 Å². The number of nitrogens with zero attached hydrogens (tertiary/aromatic N) is 1. The van der Waals surface area contributed by atoms with E-state index in [9.17, 15) is 4.79 Å². The van der Waals surface area contributed by atoms with Crippen molar-refractivity contribution in [2.45, 2.75) is 71.2 Å². The van der Waals surface area contributed by atoms with Crippen LogP contribution in [0.2, 0.25) is 0 Å². The minimum absolute atomic E-state index is 0.192. The maximum Gasteiger partial charge on any atom is 0.410 e. The molecule has 0 aromatic rings. The molecular weight excluding hydrogens is 280 g/mol. The van der Waals surface area contributed by atoms with E-state index in [0.29, 0.717) is 24.1 Å². The smallest absolute Gasteiger partial charge is 0.410 e. The van der Waals surface area contributed by atoms with Gasteiger partial charge in [0.1, 0.15) is 5.60 Å². The highest BCUT2D eigenvalue weighted by Gasteiger charge is 2.58. The molecular formula is C17H30N2O3. The Hall–Kier alpha value is -0.810. The summed E-state index contributed by atoms with van der Waals surface area (Å²) in [6.45, 7) is 12.7. The highest BCUT2D eigenvalue weighted by molar-refractivity contribution is 5.69. The van der Waals surface area contributed by atoms with Gasteiger partial charge in [0.25, 0.3) is 0 Å². The van der Waals surface area contributed by atoms with E-state index in [0.717, 1.165) is 19.7 Å². The maximum absolute atomic E-state index is 12.0. The number of fused-ring (bicyclic) bond motifs is 1. The molecule has 3 rings (SSSR count). The quantitative estimate of drug-likeness (QED) is 0.851. The van der Waals surface area contributed by atoms with Crippen LogP contribution in [-0.2, 0) is 9.47 Å². The van der Waals surface area contributed by atoms with Crippen LogP contribution >= 0.6 is 0 Å². The van der Waals surface area contributed by atoms with Gasteiger partial charge in [-0.15, -0.1) is 0 Å². The van der Waals surface area contributed by atoms with Crippen molar-refractivity contribution in [3.8, 4) is 0 Å². The van der Waals surface area contributed by atoms with Crippen LogP contribution in [0.25, 0.3) is 0 Å². The Labute approximate surface area is 133 Å². The first-order valence-electron chi connectivity index (χ1n) is 8.54. The van der Waals surface area contributed by atoms with E-state index in [1.54, 1.807) is 4.90 Å². The monoisotopic (exact) mass is 310 g/mol. The number of carbonyl (C=O) groups is 1. The lowest BCUT2D eigenvalue weighted by molar-refractivity contribution is -0.196. The standard InChI is InChI=1S/C17H30N2O3/c1-16(2,3)22-15(20)19-9-11(10-19)18-13-12-7-6-8-21-14(12)17(13,4)5/h11-14,18H,6-10H2,1-5H3. The first kappa shape index (κ1) is 16.1. The highest BCUT2D eigenvalue weighted by Crippen LogP contribution is 2.51. The first-order chi connectivity index (χ1) is 10.2. The summed E-state index contributed by atoms with van der Waals surface area (Å²) >= 11 is 0. The Bertz CT molecular complexity index is 438. The van der Waals surface area contributed by atoms with E-state index in [-0.39, 0.29) is 11.5 Å². The molecule has 22 heavy (non-hydrogen) atoms. The predicted molar refractivity (Wildman–Crippen MR) is 84.8 cm³/mol. The van der Waals surface area contributed by atoms with E-state index < -0.39 is 5.60 Å². The molecule has 5 heteroatoms. The number of ether oxygens (including phenoxy) is 2. The van der Waals surface area contributed by atoms with Gasteiger partial charge in [0.2, 0.25) is 0 Å². The lowest BCUT2D eigenvalue weighted by Crippen LogP contribution is -2.74. The molecule has 3 atom stereocenters. The molecule has 3 fully saturated rings. The van der Waals surface area contributed by atoms with Crippen LogP contribution < -0.4 is 5.32 Å². The van der Waals surface area contributed by atoms with Crippen molar-refractivity contribution in [2.24, 2.45) is 11.3 Å². The van der Waals surface area contributed by atoms with Crippen molar-refractivity contribution in [1.29, 1.82) is 0 Å². The Morgan fingerprint density at radius 2 is 2.00 bits per heavy atom. The molecule has 2 saturated heterocycles. The van der Waals surface area contributed by atoms with Gasteiger partial charge in [-0.05, 0) is 33.6 Å². The summed E-state index contributed by atoms with van der Waals surface area (Å²) in [5.74, 6) is 0.638. The van der Waals surface area contributed by atoms with Crippen LogP contribution in [0, 0.1) is 11.3 Å². The van der Waals surface area contributed by atoms with Gasteiger partial charge in [-0.3, -0.25) is 0 Å². The molecule has 1 amide bonds. The SMILES string of the molecule is CC(C)(C)OC(=O)N1CC(NC2C3CCCOC3C2(C)C)C1. The molecule has 0 bridgehead atoms. The van der Waals surface area contributed by atoms with Crippen LogP contribution in [0.15, 0.2) is 0 Å². The predicted octanol–water partition coefficient (Wildman–Crippen LogP) is 2.40. The fourth-order valence-electron chi connectivity index (χ4n) is 4.17. The lowest BCUT2D eigenvalue weighted by Gasteiger charge is -2.61. The molecule has 3 unspecified atom stereocenters. The summed E-state index contributed by atoms with van der Waals surface area (Å²) in [6.07, 6.45) is 2.64. The highest BCUT2D eigenvalue weighted by atomic mass is 16.6. The Balaban J connectivity index is 1.47. The van der Waals surface area contributed by atoms with Gasteiger partial charge in [0.15, 0.2) is 0 Å². The fourth-order valence-corrected chi connectivity index (χ4v) is 4.17. The molecule has 1 saturated carbocycles. The van der Waals surface area contributed by atoms with Gasteiger partial charge in [0.05, 0.1) is 6.10 Å². The van der Waals surface area contributed by atoms with Gasteiger partial charge in [0, 0.05) is 43.1 Å². The number of carbonyl (C=O) groups excluding carboxylic acids is 1. The maximum atomic E-state index is 12.0. The third-order valence-corrected chi connectivity index (χ3v) is 5.28. The largest absolute Gasteiger partial charge is 0.444 e. The number of amides is 1. The average Bonchev–Trinajstić information content (AvgIpc) is 2.34. The number of rotatable bonds is 2. The molecule has 1 aliphatic carbocycles. The number of likely N-dealkylation sites (tertiary alicyclic amines) is 1. The van der Waals surface area contributed by atoms with Crippen molar-refractivity contribution >= 4 is 6.09 Å². The zero-order valence-electron chi connectivity index (χ0n) is 14.5. The molecule has 0 spiro atoms. The normalized spacial score (nSPS) is 34.4. The van der Waals surface area contributed by atoms with Gasteiger partial charge in [-0.1, -0.05) is 13.8 Å². The number of hydrogen-bond donors (Lipinski definition) is 1. The molecule has 0 aromatic carbocycles. The van der Waals surface area contributed by atoms with E-state index in [1.807, 2.05) is 20.8 Å². The topological polar surface area (TPSA) is 50.8 Å². The van der Waals surface area contributed by atoms with E-state index in [1.165, 1.54) is 12.8 Å². The molecule has 2 heterocycles.